The fourth-order valence-corrected chi connectivity index (χ4v) is 2.33. The summed E-state index contributed by atoms with van der Waals surface area (Å²) in [7, 11) is 1.70. The van der Waals surface area contributed by atoms with Crippen molar-refractivity contribution in [3.63, 3.8) is 0 Å². The van der Waals surface area contributed by atoms with Gasteiger partial charge in [-0.2, -0.15) is 5.10 Å². The molecule has 0 aliphatic rings. The number of ether oxygens (including phenoxy) is 1. The Morgan fingerprint density at radius 3 is 2.76 bits per heavy atom. The Hall–Kier alpha value is -1.88. The molecule has 0 atom stereocenters. The van der Waals surface area contributed by atoms with E-state index in [1.165, 1.54) is 0 Å². The number of aromatic nitrogens is 3. The van der Waals surface area contributed by atoms with Gasteiger partial charge in [0.05, 0.1) is 25.0 Å². The Morgan fingerprint density at radius 1 is 1.33 bits per heavy atom. The third kappa shape index (κ3) is 3.61. The Kier molecular flexibility index (Phi) is 4.96. The van der Waals surface area contributed by atoms with Gasteiger partial charge in [0.2, 0.25) is 0 Å². The minimum Gasteiger partial charge on any atom is -0.496 e. The van der Waals surface area contributed by atoms with E-state index in [4.69, 9.17) is 4.74 Å². The zero-order valence-electron chi connectivity index (χ0n) is 13.5. The highest BCUT2D eigenvalue weighted by Gasteiger charge is 2.12. The van der Waals surface area contributed by atoms with Crippen LogP contribution in [-0.4, -0.2) is 27.9 Å². The molecule has 0 bridgehead atoms. The summed E-state index contributed by atoms with van der Waals surface area (Å²) in [5.74, 6) is 0.911. The van der Waals surface area contributed by atoms with E-state index in [9.17, 15) is 0 Å². The normalized spacial score (nSPS) is 11.1. The molecule has 2 aromatic heterocycles. The van der Waals surface area contributed by atoms with Crippen LogP contribution in [0, 0.1) is 13.8 Å². The van der Waals surface area contributed by atoms with Crippen molar-refractivity contribution in [2.75, 3.05) is 7.11 Å². The van der Waals surface area contributed by atoms with Crippen LogP contribution in [0.1, 0.15) is 36.4 Å². The van der Waals surface area contributed by atoms with Gasteiger partial charge < -0.3 is 10.1 Å². The minimum atomic E-state index is 0.452. The van der Waals surface area contributed by atoms with Crippen molar-refractivity contribution < 1.29 is 4.74 Å². The molecule has 1 N–H and O–H groups in total. The van der Waals surface area contributed by atoms with Gasteiger partial charge in [0, 0.05) is 36.1 Å². The molecule has 0 amide bonds. The van der Waals surface area contributed by atoms with Gasteiger partial charge in [0.25, 0.3) is 0 Å². The number of hydrogen-bond acceptors (Lipinski definition) is 4. The van der Waals surface area contributed by atoms with E-state index in [0.29, 0.717) is 12.6 Å². The number of nitrogens with zero attached hydrogens (tertiary/aromatic N) is 3. The Labute approximate surface area is 126 Å². The summed E-state index contributed by atoms with van der Waals surface area (Å²) in [6.45, 7) is 9.79. The van der Waals surface area contributed by atoms with Gasteiger partial charge in [-0.25, -0.2) is 0 Å². The van der Waals surface area contributed by atoms with Crippen LogP contribution < -0.4 is 10.1 Å². The molecular formula is C16H24N4O. The van der Waals surface area contributed by atoms with Crippen LogP contribution in [0.15, 0.2) is 18.5 Å². The molecule has 0 fully saturated rings. The van der Waals surface area contributed by atoms with E-state index in [1.807, 2.05) is 37.0 Å². The summed E-state index contributed by atoms with van der Waals surface area (Å²) in [5.41, 5.74) is 4.29. The van der Waals surface area contributed by atoms with E-state index in [2.05, 4.69) is 29.2 Å². The molecule has 0 radical (unpaired) electrons. The Balaban J connectivity index is 2.21. The van der Waals surface area contributed by atoms with Crippen LogP contribution in [0.4, 0.5) is 0 Å². The maximum Gasteiger partial charge on any atom is 0.128 e. The highest BCUT2D eigenvalue weighted by atomic mass is 16.5. The quantitative estimate of drug-likeness (QED) is 0.887. The predicted octanol–water partition coefficient (Wildman–Crippen LogP) is 2.45. The summed E-state index contributed by atoms with van der Waals surface area (Å²) in [4.78, 5) is 4.54. The predicted molar refractivity (Wildman–Crippen MR) is 83.6 cm³/mol. The van der Waals surface area contributed by atoms with E-state index in [0.717, 1.165) is 34.8 Å². The number of rotatable bonds is 6. The number of hydrogen-bond donors (Lipinski definition) is 1. The second kappa shape index (κ2) is 6.72. The van der Waals surface area contributed by atoms with Gasteiger partial charge in [-0.05, 0) is 19.9 Å². The SMILES string of the molecule is COc1c(C)cnc(Cn2nccc2CNC(C)C)c1C. The average Bonchev–Trinajstić information content (AvgIpc) is 2.87. The highest BCUT2D eigenvalue weighted by Crippen LogP contribution is 2.24. The van der Waals surface area contributed by atoms with Gasteiger partial charge in [-0.15, -0.1) is 0 Å². The van der Waals surface area contributed by atoms with Crippen LogP contribution in [0.2, 0.25) is 0 Å². The summed E-state index contributed by atoms with van der Waals surface area (Å²) in [6.07, 6.45) is 3.69. The lowest BCUT2D eigenvalue weighted by atomic mass is 10.1. The molecule has 0 saturated carbocycles. The van der Waals surface area contributed by atoms with E-state index < -0.39 is 0 Å². The van der Waals surface area contributed by atoms with Gasteiger partial charge >= 0.3 is 0 Å². The summed E-state index contributed by atoms with van der Waals surface area (Å²) < 4.78 is 7.45. The lowest BCUT2D eigenvalue weighted by Crippen LogP contribution is -2.24. The number of nitrogens with one attached hydrogen (secondary N) is 1. The van der Waals surface area contributed by atoms with Crippen LogP contribution in [-0.2, 0) is 13.1 Å². The molecule has 0 aliphatic carbocycles. The van der Waals surface area contributed by atoms with Crippen molar-refractivity contribution in [1.82, 2.24) is 20.1 Å². The molecule has 5 nitrogen and oxygen atoms in total. The lowest BCUT2D eigenvalue weighted by molar-refractivity contribution is 0.406. The van der Waals surface area contributed by atoms with Gasteiger partial charge in [-0.1, -0.05) is 13.8 Å². The molecule has 21 heavy (non-hydrogen) atoms. The van der Waals surface area contributed by atoms with Gasteiger partial charge in [0.15, 0.2) is 0 Å². The third-order valence-electron chi connectivity index (χ3n) is 3.55. The first-order valence-corrected chi connectivity index (χ1v) is 7.26. The van der Waals surface area contributed by atoms with Crippen LogP contribution in [0.5, 0.6) is 5.75 Å². The maximum absolute atomic E-state index is 5.46. The largest absolute Gasteiger partial charge is 0.496 e. The Bertz CT molecular complexity index is 604. The van der Waals surface area contributed by atoms with E-state index >= 15 is 0 Å². The van der Waals surface area contributed by atoms with Crippen molar-refractivity contribution in [2.24, 2.45) is 0 Å². The molecule has 5 heteroatoms. The van der Waals surface area contributed by atoms with Crippen molar-refractivity contribution in [3.8, 4) is 5.75 Å². The van der Waals surface area contributed by atoms with Crippen LogP contribution >= 0.6 is 0 Å². The highest BCUT2D eigenvalue weighted by molar-refractivity contribution is 5.41. The van der Waals surface area contributed by atoms with Crippen molar-refractivity contribution in [1.29, 1.82) is 0 Å². The first kappa shape index (κ1) is 15.5. The molecule has 0 unspecified atom stereocenters. The Morgan fingerprint density at radius 2 is 2.10 bits per heavy atom. The van der Waals surface area contributed by atoms with Gasteiger partial charge in [-0.3, -0.25) is 9.67 Å². The van der Waals surface area contributed by atoms with Crippen molar-refractivity contribution in [3.05, 3.63) is 41.0 Å². The summed E-state index contributed by atoms with van der Waals surface area (Å²) in [5, 5.41) is 7.82. The minimum absolute atomic E-state index is 0.452. The summed E-state index contributed by atoms with van der Waals surface area (Å²) >= 11 is 0. The molecule has 0 aliphatic heterocycles. The zero-order valence-corrected chi connectivity index (χ0v) is 13.5. The molecule has 2 aromatic rings. The van der Waals surface area contributed by atoms with E-state index in [-0.39, 0.29) is 0 Å². The van der Waals surface area contributed by atoms with Crippen LogP contribution in [0.25, 0.3) is 0 Å². The van der Waals surface area contributed by atoms with E-state index in [1.54, 1.807) is 7.11 Å². The van der Waals surface area contributed by atoms with Crippen LogP contribution in [0.3, 0.4) is 0 Å². The smallest absolute Gasteiger partial charge is 0.128 e. The molecular weight excluding hydrogens is 264 g/mol. The average molecular weight is 288 g/mol. The molecule has 2 rings (SSSR count). The number of pyridine rings is 1. The zero-order chi connectivity index (χ0) is 15.4. The first-order valence-electron chi connectivity index (χ1n) is 7.26. The monoisotopic (exact) mass is 288 g/mol. The molecule has 114 valence electrons. The molecule has 0 aromatic carbocycles. The second-order valence-corrected chi connectivity index (χ2v) is 5.56. The molecule has 0 saturated heterocycles. The third-order valence-corrected chi connectivity index (χ3v) is 3.55. The fourth-order valence-electron chi connectivity index (χ4n) is 2.33. The standard InChI is InChI=1S/C16H24N4O/c1-11(2)17-9-14-6-7-19-20(14)10-15-13(4)16(21-5)12(3)8-18-15/h6-8,11,17H,9-10H2,1-5H3. The lowest BCUT2D eigenvalue weighted by Gasteiger charge is -2.14. The number of aryl methyl sites for hydroxylation is 1. The molecule has 2 heterocycles. The first-order chi connectivity index (χ1) is 10.0. The fraction of sp³-hybridized carbons (Fsp3) is 0.500. The van der Waals surface area contributed by atoms with Gasteiger partial charge in [0.1, 0.15) is 5.75 Å². The van der Waals surface area contributed by atoms with Crippen molar-refractivity contribution in [2.45, 2.75) is 46.8 Å². The topological polar surface area (TPSA) is 52.0 Å². The summed E-state index contributed by atoms with van der Waals surface area (Å²) in [6, 6.07) is 2.49. The molecule has 0 spiro atoms. The second-order valence-electron chi connectivity index (χ2n) is 5.56. The van der Waals surface area contributed by atoms with Crippen molar-refractivity contribution >= 4 is 0 Å². The number of methoxy groups -OCH3 is 1. The maximum atomic E-state index is 5.46.